The van der Waals surface area contributed by atoms with Crippen LogP contribution in [0.25, 0.3) is 0 Å². The van der Waals surface area contributed by atoms with E-state index in [-0.39, 0.29) is 31.1 Å². The van der Waals surface area contributed by atoms with Crippen LogP contribution >= 0.6 is 0 Å². The highest BCUT2D eigenvalue weighted by atomic mass is 16.6. The summed E-state index contributed by atoms with van der Waals surface area (Å²) in [5, 5.41) is 0. The van der Waals surface area contributed by atoms with Gasteiger partial charge in [0, 0.05) is 19.3 Å². The molecule has 0 aromatic rings. The van der Waals surface area contributed by atoms with Crippen molar-refractivity contribution in [3.8, 4) is 0 Å². The average molecular weight is 857 g/mol. The Hall–Kier alpha value is -2.37. The van der Waals surface area contributed by atoms with Gasteiger partial charge in [0.2, 0.25) is 0 Å². The Kier molecular flexibility index (Phi) is 48.3. The number of allylic oxidation sites excluding steroid dienone is 6. The summed E-state index contributed by atoms with van der Waals surface area (Å²) in [5.74, 6) is -0.881. The van der Waals surface area contributed by atoms with Crippen molar-refractivity contribution >= 4 is 17.9 Å². The predicted octanol–water partition coefficient (Wildman–Crippen LogP) is 17.3. The fourth-order valence-corrected chi connectivity index (χ4v) is 7.59. The first kappa shape index (κ1) is 58.6. The minimum Gasteiger partial charge on any atom is -0.462 e. The van der Waals surface area contributed by atoms with Crippen molar-refractivity contribution in [3.63, 3.8) is 0 Å². The molecule has 0 aliphatic carbocycles. The number of carbonyl (C=O) groups excluding carboxylic acids is 3. The van der Waals surface area contributed by atoms with Gasteiger partial charge in [0.05, 0.1) is 0 Å². The Balaban J connectivity index is 4.36. The molecule has 0 bridgehead atoms. The second-order valence-electron chi connectivity index (χ2n) is 17.8. The van der Waals surface area contributed by atoms with Crippen LogP contribution in [0.2, 0.25) is 0 Å². The normalized spacial score (nSPS) is 12.2. The van der Waals surface area contributed by atoms with E-state index in [9.17, 15) is 14.4 Å². The molecule has 0 aromatic heterocycles. The van der Waals surface area contributed by atoms with Gasteiger partial charge in [-0.15, -0.1) is 0 Å². The van der Waals surface area contributed by atoms with Crippen molar-refractivity contribution in [2.45, 2.75) is 284 Å². The first-order valence-electron chi connectivity index (χ1n) is 26.5. The lowest BCUT2D eigenvalue weighted by atomic mass is 10.0. The summed E-state index contributed by atoms with van der Waals surface area (Å²) in [6, 6.07) is 0. The Morgan fingerprint density at radius 2 is 0.590 bits per heavy atom. The number of unbranched alkanes of at least 4 members (excludes halogenated alkanes) is 31. The third-order valence-corrected chi connectivity index (χ3v) is 11.6. The molecule has 0 aliphatic heterocycles. The van der Waals surface area contributed by atoms with Gasteiger partial charge in [-0.2, -0.15) is 0 Å². The van der Waals surface area contributed by atoms with Crippen molar-refractivity contribution in [2.75, 3.05) is 13.2 Å². The summed E-state index contributed by atoms with van der Waals surface area (Å²) in [7, 11) is 0. The largest absolute Gasteiger partial charge is 0.462 e. The predicted molar refractivity (Wildman–Crippen MR) is 261 cm³/mol. The van der Waals surface area contributed by atoms with Crippen LogP contribution in [-0.2, 0) is 28.6 Å². The van der Waals surface area contributed by atoms with Gasteiger partial charge < -0.3 is 14.2 Å². The Bertz CT molecular complexity index is 1030. The van der Waals surface area contributed by atoms with Crippen molar-refractivity contribution in [1.29, 1.82) is 0 Å². The monoisotopic (exact) mass is 857 g/mol. The van der Waals surface area contributed by atoms with Gasteiger partial charge in [0.15, 0.2) is 6.10 Å². The first-order valence-corrected chi connectivity index (χ1v) is 26.5. The number of rotatable bonds is 48. The van der Waals surface area contributed by atoms with E-state index in [2.05, 4.69) is 57.2 Å². The number of carbonyl (C=O) groups is 3. The molecule has 0 heterocycles. The molecule has 0 N–H and O–H groups in total. The zero-order valence-corrected chi connectivity index (χ0v) is 40.7. The fraction of sp³-hybridized carbons (Fsp3) is 0.836. The number of hydrogen-bond acceptors (Lipinski definition) is 6. The van der Waals surface area contributed by atoms with E-state index in [1.165, 1.54) is 161 Å². The van der Waals surface area contributed by atoms with Crippen LogP contribution < -0.4 is 0 Å². The van der Waals surface area contributed by atoms with Crippen molar-refractivity contribution in [2.24, 2.45) is 0 Å². The number of ether oxygens (including phenoxy) is 3. The van der Waals surface area contributed by atoms with Crippen LogP contribution in [0.3, 0.4) is 0 Å². The number of hydrogen-bond donors (Lipinski definition) is 0. The molecule has 6 heteroatoms. The van der Waals surface area contributed by atoms with Crippen molar-refractivity contribution in [1.82, 2.24) is 0 Å². The smallest absolute Gasteiger partial charge is 0.306 e. The van der Waals surface area contributed by atoms with Gasteiger partial charge in [-0.05, 0) is 77.0 Å². The van der Waals surface area contributed by atoms with E-state index in [0.717, 1.165) is 77.0 Å². The van der Waals surface area contributed by atoms with E-state index < -0.39 is 6.10 Å². The summed E-state index contributed by atoms with van der Waals surface area (Å²) in [5.41, 5.74) is 0. The van der Waals surface area contributed by atoms with Crippen molar-refractivity contribution < 1.29 is 28.6 Å². The second-order valence-corrected chi connectivity index (χ2v) is 17.8. The van der Waals surface area contributed by atoms with Gasteiger partial charge in [-0.3, -0.25) is 14.4 Å². The summed E-state index contributed by atoms with van der Waals surface area (Å²) >= 11 is 0. The van der Waals surface area contributed by atoms with E-state index in [1.807, 2.05) is 0 Å². The molecule has 0 fully saturated rings. The summed E-state index contributed by atoms with van der Waals surface area (Å²) < 4.78 is 16.8. The van der Waals surface area contributed by atoms with Crippen molar-refractivity contribution in [3.05, 3.63) is 36.5 Å². The third kappa shape index (κ3) is 48.5. The SMILES string of the molecule is CCCCC/C=C\C/C=C\CCCCCCCCCC(=O)OCC(COC(=O)CCCCCCCCCCCCCC)OC(=O)CCCCCCC/C=C\CCCCCCC. The fourth-order valence-electron chi connectivity index (χ4n) is 7.59. The van der Waals surface area contributed by atoms with Gasteiger partial charge >= 0.3 is 17.9 Å². The molecule has 61 heavy (non-hydrogen) atoms. The van der Waals surface area contributed by atoms with Crippen LogP contribution in [0.15, 0.2) is 36.5 Å². The maximum atomic E-state index is 12.8. The molecule has 0 amide bonds. The highest BCUT2D eigenvalue weighted by Crippen LogP contribution is 2.15. The minimum atomic E-state index is -0.775. The molecule has 0 aliphatic rings. The van der Waals surface area contributed by atoms with Crippen LogP contribution in [0.4, 0.5) is 0 Å². The zero-order chi connectivity index (χ0) is 44.4. The number of esters is 3. The van der Waals surface area contributed by atoms with E-state index >= 15 is 0 Å². The molecule has 0 saturated carbocycles. The molecule has 6 nitrogen and oxygen atoms in total. The van der Waals surface area contributed by atoms with Gasteiger partial charge in [-0.25, -0.2) is 0 Å². The van der Waals surface area contributed by atoms with Crippen LogP contribution in [0.1, 0.15) is 278 Å². The molecule has 356 valence electrons. The zero-order valence-electron chi connectivity index (χ0n) is 40.7. The lowest BCUT2D eigenvalue weighted by Gasteiger charge is -2.18. The van der Waals surface area contributed by atoms with Crippen LogP contribution in [0.5, 0.6) is 0 Å². The molecule has 1 unspecified atom stereocenters. The molecule has 0 saturated heterocycles. The Labute approximate surface area is 378 Å². The highest BCUT2D eigenvalue weighted by molar-refractivity contribution is 5.71. The average Bonchev–Trinajstić information content (AvgIpc) is 3.26. The summed E-state index contributed by atoms with van der Waals surface area (Å²) in [6.07, 6.45) is 58.3. The molecular weight excluding hydrogens is 757 g/mol. The molecule has 0 radical (unpaired) electrons. The second kappa shape index (κ2) is 50.3. The Morgan fingerprint density at radius 1 is 0.328 bits per heavy atom. The van der Waals surface area contributed by atoms with Gasteiger partial charge in [0.25, 0.3) is 0 Å². The molecule has 0 spiro atoms. The third-order valence-electron chi connectivity index (χ3n) is 11.6. The van der Waals surface area contributed by atoms with Crippen LogP contribution in [-0.4, -0.2) is 37.2 Å². The lowest BCUT2D eigenvalue weighted by molar-refractivity contribution is -0.167. The van der Waals surface area contributed by atoms with Gasteiger partial charge in [0.1, 0.15) is 13.2 Å². The molecule has 1 atom stereocenters. The summed E-state index contributed by atoms with van der Waals surface area (Å²) in [4.78, 5) is 38.0. The summed E-state index contributed by atoms with van der Waals surface area (Å²) in [6.45, 7) is 6.61. The van der Waals surface area contributed by atoms with E-state index in [0.29, 0.717) is 19.3 Å². The topological polar surface area (TPSA) is 78.9 Å². The van der Waals surface area contributed by atoms with Crippen LogP contribution in [0, 0.1) is 0 Å². The highest BCUT2D eigenvalue weighted by Gasteiger charge is 2.19. The first-order chi connectivity index (χ1) is 30.0. The lowest BCUT2D eigenvalue weighted by Crippen LogP contribution is -2.30. The molecule has 0 rings (SSSR count). The standard InChI is InChI=1S/C55H100O6/c1-4-7-10-13-16-19-22-25-27-28-29-31-33-36-39-42-45-48-54(57)60-51-52(50-59-53(56)47-44-41-38-35-32-24-21-18-15-12-9-6-3)61-55(58)49-46-43-40-37-34-30-26-23-20-17-14-11-8-5-2/h16,19,23,25-27,52H,4-15,17-18,20-22,24,28-51H2,1-3H3/b19-16-,26-23-,27-25-. The minimum absolute atomic E-state index is 0.0751. The van der Waals surface area contributed by atoms with Gasteiger partial charge in [-0.1, -0.05) is 218 Å². The van der Waals surface area contributed by atoms with E-state index in [1.54, 1.807) is 0 Å². The molecular formula is C55H100O6. The quantitative estimate of drug-likeness (QED) is 0.0262. The maximum absolute atomic E-state index is 12.8. The Morgan fingerprint density at radius 3 is 0.951 bits per heavy atom. The van der Waals surface area contributed by atoms with E-state index in [4.69, 9.17) is 14.2 Å². The molecule has 0 aromatic carbocycles. The maximum Gasteiger partial charge on any atom is 0.306 e.